The Kier molecular flexibility index (Phi) is 5.19. The van der Waals surface area contributed by atoms with Gasteiger partial charge < -0.3 is 4.74 Å². The van der Waals surface area contributed by atoms with Crippen LogP contribution < -0.4 is 9.64 Å². The third kappa shape index (κ3) is 3.67. The molecule has 2 amide bonds. The lowest BCUT2D eigenvalue weighted by molar-refractivity contribution is -0.131. The molecule has 0 spiro atoms. The Morgan fingerprint density at radius 1 is 1.04 bits per heavy atom. The van der Waals surface area contributed by atoms with Gasteiger partial charge in [0.05, 0.1) is 11.4 Å². The monoisotopic (exact) mass is 349 g/mol. The van der Waals surface area contributed by atoms with E-state index in [2.05, 4.69) is 5.10 Å². The van der Waals surface area contributed by atoms with Crippen LogP contribution in [0, 0.1) is 0 Å². The predicted octanol–water partition coefficient (Wildman–Crippen LogP) is 2.14. The molecule has 0 fully saturated rings. The van der Waals surface area contributed by atoms with Gasteiger partial charge in [0.25, 0.3) is 5.91 Å². The van der Waals surface area contributed by atoms with Crippen molar-refractivity contribution >= 4 is 24.3 Å². The zero-order valence-electron chi connectivity index (χ0n) is 13.7. The Morgan fingerprint density at radius 3 is 2.50 bits per heavy atom. The maximum Gasteiger partial charge on any atom is 0.297 e. The van der Waals surface area contributed by atoms with Crippen LogP contribution in [0.4, 0.5) is 5.69 Å². The molecule has 7 heteroatoms. The molecule has 0 aliphatic rings. The largest absolute Gasteiger partial charge is 0.472 e. The number of para-hydroxylation sites is 2. The quantitative estimate of drug-likeness (QED) is 0.482. The molecule has 3 aromatic rings. The van der Waals surface area contributed by atoms with Crippen molar-refractivity contribution in [3.05, 3.63) is 72.4 Å². The van der Waals surface area contributed by atoms with Gasteiger partial charge in [-0.25, -0.2) is 9.58 Å². The fourth-order valence-electron chi connectivity index (χ4n) is 2.41. The van der Waals surface area contributed by atoms with E-state index in [0.717, 1.165) is 10.6 Å². The van der Waals surface area contributed by atoms with Crippen LogP contribution in [-0.2, 0) is 21.0 Å². The molecule has 0 saturated heterocycles. The van der Waals surface area contributed by atoms with Crippen molar-refractivity contribution in [2.24, 2.45) is 0 Å². The highest BCUT2D eigenvalue weighted by Crippen LogP contribution is 2.21. The van der Waals surface area contributed by atoms with Gasteiger partial charge >= 0.3 is 0 Å². The molecule has 0 atom stereocenters. The zero-order chi connectivity index (χ0) is 18.4. The number of anilines is 1. The van der Waals surface area contributed by atoms with E-state index in [9.17, 15) is 14.4 Å². The first-order valence-corrected chi connectivity index (χ1v) is 7.78. The van der Waals surface area contributed by atoms with Crippen molar-refractivity contribution in [2.45, 2.75) is 6.61 Å². The Labute approximate surface area is 149 Å². The molecule has 0 aliphatic heterocycles. The van der Waals surface area contributed by atoms with Crippen LogP contribution in [0.15, 0.2) is 66.9 Å². The van der Waals surface area contributed by atoms with Crippen molar-refractivity contribution in [2.75, 3.05) is 4.90 Å². The molecule has 130 valence electrons. The molecule has 0 unspecified atom stereocenters. The van der Waals surface area contributed by atoms with Crippen LogP contribution in [0.25, 0.3) is 5.69 Å². The number of amides is 2. The van der Waals surface area contributed by atoms with Gasteiger partial charge in [-0.1, -0.05) is 36.4 Å². The van der Waals surface area contributed by atoms with Crippen molar-refractivity contribution in [1.29, 1.82) is 0 Å². The number of aldehydes is 1. The van der Waals surface area contributed by atoms with Gasteiger partial charge in [0, 0.05) is 17.8 Å². The molecule has 0 N–H and O–H groups in total. The number of rotatable bonds is 7. The van der Waals surface area contributed by atoms with Crippen LogP contribution in [-0.4, -0.2) is 28.4 Å². The Bertz CT molecular complexity index is 921. The summed E-state index contributed by atoms with van der Waals surface area (Å²) < 4.78 is 7.34. The third-order valence-electron chi connectivity index (χ3n) is 3.66. The van der Waals surface area contributed by atoms with Crippen LogP contribution in [0.2, 0.25) is 0 Å². The fourth-order valence-corrected chi connectivity index (χ4v) is 2.41. The summed E-state index contributed by atoms with van der Waals surface area (Å²) >= 11 is 0. The van der Waals surface area contributed by atoms with Crippen molar-refractivity contribution < 1.29 is 19.1 Å². The first-order valence-electron chi connectivity index (χ1n) is 7.78. The summed E-state index contributed by atoms with van der Waals surface area (Å²) in [6, 6.07) is 18.0. The maximum atomic E-state index is 11.6. The summed E-state index contributed by atoms with van der Waals surface area (Å²) in [4.78, 5) is 34.2. The molecular formula is C19H15N3O4. The van der Waals surface area contributed by atoms with Crippen LogP contribution in [0.3, 0.4) is 0 Å². The molecule has 1 heterocycles. The molecular weight excluding hydrogens is 334 g/mol. The number of imide groups is 1. The summed E-state index contributed by atoms with van der Waals surface area (Å²) in [5.74, 6) is -0.552. The highest BCUT2D eigenvalue weighted by Gasteiger charge is 2.17. The Morgan fingerprint density at radius 2 is 1.77 bits per heavy atom. The highest BCUT2D eigenvalue weighted by molar-refractivity contribution is 6.35. The number of hydrogen-bond acceptors (Lipinski definition) is 5. The van der Waals surface area contributed by atoms with E-state index < -0.39 is 5.91 Å². The van der Waals surface area contributed by atoms with Gasteiger partial charge in [-0.3, -0.25) is 14.4 Å². The number of benzene rings is 2. The molecule has 7 nitrogen and oxygen atoms in total. The smallest absolute Gasteiger partial charge is 0.297 e. The van der Waals surface area contributed by atoms with E-state index >= 15 is 0 Å². The second-order valence-electron chi connectivity index (χ2n) is 5.28. The van der Waals surface area contributed by atoms with Crippen molar-refractivity contribution in [1.82, 2.24) is 9.78 Å². The van der Waals surface area contributed by atoms with E-state index in [1.807, 2.05) is 30.3 Å². The molecule has 0 radical (unpaired) electrons. The SMILES string of the molecule is O=CC(=O)N(C=O)c1ccccc1COc1ccn(-c2ccccc2)n1. The topological polar surface area (TPSA) is 81.5 Å². The van der Waals surface area contributed by atoms with Crippen LogP contribution in [0.1, 0.15) is 5.56 Å². The summed E-state index contributed by atoms with van der Waals surface area (Å²) in [5.41, 5.74) is 1.76. The van der Waals surface area contributed by atoms with Crippen LogP contribution in [0.5, 0.6) is 5.88 Å². The average Bonchev–Trinajstić information content (AvgIpc) is 3.17. The zero-order valence-corrected chi connectivity index (χ0v) is 13.7. The standard InChI is InChI=1S/C19H15N3O4/c23-12-19(25)21(14-24)17-9-5-4-6-15(17)13-26-18-10-11-22(20-18)16-7-2-1-3-8-16/h1-12,14H,13H2. The first kappa shape index (κ1) is 17.1. The van der Waals surface area contributed by atoms with Gasteiger partial charge in [-0.05, 0) is 18.2 Å². The lowest BCUT2D eigenvalue weighted by Crippen LogP contribution is -2.31. The molecule has 2 aromatic carbocycles. The third-order valence-corrected chi connectivity index (χ3v) is 3.66. The van der Waals surface area contributed by atoms with E-state index in [-0.39, 0.29) is 12.9 Å². The predicted molar refractivity (Wildman–Crippen MR) is 94.0 cm³/mol. The number of nitrogens with zero attached hydrogens (tertiary/aromatic N) is 3. The van der Waals surface area contributed by atoms with Gasteiger partial charge in [-0.15, -0.1) is 5.10 Å². The Hall–Kier alpha value is -3.74. The second kappa shape index (κ2) is 7.89. The summed E-state index contributed by atoms with van der Waals surface area (Å²) in [5, 5.41) is 4.33. The molecule has 26 heavy (non-hydrogen) atoms. The van der Waals surface area contributed by atoms with Gasteiger partial charge in [0.1, 0.15) is 6.61 Å². The van der Waals surface area contributed by atoms with Crippen molar-refractivity contribution in [3.8, 4) is 11.6 Å². The minimum atomic E-state index is -0.944. The number of aromatic nitrogens is 2. The normalized spacial score (nSPS) is 10.2. The molecule has 0 bridgehead atoms. The van der Waals surface area contributed by atoms with E-state index in [4.69, 9.17) is 4.74 Å². The molecule has 0 saturated carbocycles. The maximum absolute atomic E-state index is 11.6. The average molecular weight is 349 g/mol. The minimum Gasteiger partial charge on any atom is -0.472 e. The summed E-state index contributed by atoms with van der Waals surface area (Å²) in [6.45, 7) is 0.0818. The fraction of sp³-hybridized carbons (Fsp3) is 0.0526. The number of carbonyl (C=O) groups is 3. The molecule has 1 aromatic heterocycles. The molecule has 3 rings (SSSR count). The second-order valence-corrected chi connectivity index (χ2v) is 5.28. The molecule has 0 aliphatic carbocycles. The van der Waals surface area contributed by atoms with Gasteiger partial charge in [0.2, 0.25) is 18.6 Å². The lowest BCUT2D eigenvalue weighted by atomic mass is 10.1. The van der Waals surface area contributed by atoms with Crippen molar-refractivity contribution in [3.63, 3.8) is 0 Å². The number of ether oxygens (including phenoxy) is 1. The van der Waals surface area contributed by atoms with E-state index in [0.29, 0.717) is 23.5 Å². The number of carbonyl (C=O) groups excluding carboxylic acids is 3. The van der Waals surface area contributed by atoms with Gasteiger partial charge in [-0.2, -0.15) is 0 Å². The van der Waals surface area contributed by atoms with E-state index in [1.54, 1.807) is 41.2 Å². The van der Waals surface area contributed by atoms with E-state index in [1.165, 1.54) is 0 Å². The number of hydrogen-bond donors (Lipinski definition) is 0. The summed E-state index contributed by atoms with van der Waals surface area (Å²) in [6.07, 6.45) is 2.16. The highest BCUT2D eigenvalue weighted by atomic mass is 16.5. The Balaban J connectivity index is 1.77. The first-order chi connectivity index (χ1) is 12.7. The minimum absolute atomic E-state index is 0.0818. The van der Waals surface area contributed by atoms with Gasteiger partial charge in [0.15, 0.2) is 0 Å². The van der Waals surface area contributed by atoms with Crippen LogP contribution >= 0.6 is 0 Å². The summed E-state index contributed by atoms with van der Waals surface area (Å²) in [7, 11) is 0. The lowest BCUT2D eigenvalue weighted by Gasteiger charge is -2.16.